The number of carbonyl (C=O) groups excluding carboxylic acids is 1. The highest BCUT2D eigenvalue weighted by Crippen LogP contribution is 2.03. The van der Waals surface area contributed by atoms with Gasteiger partial charge in [-0.15, -0.1) is 12.4 Å². The van der Waals surface area contributed by atoms with E-state index in [1.54, 1.807) is 0 Å². The average molecular weight is 254 g/mol. The van der Waals surface area contributed by atoms with E-state index in [0.29, 0.717) is 5.75 Å². The summed E-state index contributed by atoms with van der Waals surface area (Å²) >= 11 is 4.14. The third kappa shape index (κ3) is 5.06. The van der Waals surface area contributed by atoms with Gasteiger partial charge < -0.3 is 5.32 Å². The van der Waals surface area contributed by atoms with Gasteiger partial charge in [-0.05, 0) is 19.4 Å². The first-order valence-electron chi connectivity index (χ1n) is 5.17. The smallest absolute Gasteiger partial charge is 0.252 e. The molecule has 0 bridgehead atoms. The summed E-state index contributed by atoms with van der Waals surface area (Å²) in [5, 5.41) is 5.07. The van der Waals surface area contributed by atoms with E-state index in [-0.39, 0.29) is 24.4 Å². The van der Waals surface area contributed by atoms with Crippen LogP contribution in [-0.2, 0) is 4.79 Å². The summed E-state index contributed by atoms with van der Waals surface area (Å²) in [6.07, 6.45) is 2.35. The topological polar surface area (TPSA) is 44.4 Å². The molecule has 1 saturated heterocycles. The number of halogens is 1. The largest absolute Gasteiger partial charge is 0.305 e. The Kier molecular flexibility index (Phi) is 8.23. The zero-order valence-corrected chi connectivity index (χ0v) is 10.7. The van der Waals surface area contributed by atoms with Gasteiger partial charge >= 0.3 is 0 Å². The fourth-order valence-corrected chi connectivity index (χ4v) is 1.84. The van der Waals surface area contributed by atoms with Crippen LogP contribution in [0.15, 0.2) is 0 Å². The number of amides is 1. The lowest BCUT2D eigenvalue weighted by atomic mass is 10.3. The van der Waals surface area contributed by atoms with Gasteiger partial charge in [0.25, 0.3) is 5.91 Å². The van der Waals surface area contributed by atoms with Crippen LogP contribution >= 0.6 is 25.0 Å². The van der Waals surface area contributed by atoms with E-state index < -0.39 is 0 Å². The SMILES string of the molecule is CCN[C@@H](CS)C(=O)NN1CCCC1.Cl. The van der Waals surface area contributed by atoms with Gasteiger partial charge in [0.1, 0.15) is 0 Å². The molecule has 4 nitrogen and oxygen atoms in total. The molecule has 0 aromatic heterocycles. The molecule has 0 aromatic rings. The maximum absolute atomic E-state index is 11.7. The molecule has 2 N–H and O–H groups in total. The average Bonchev–Trinajstić information content (AvgIpc) is 2.66. The molecule has 1 amide bonds. The zero-order valence-electron chi connectivity index (χ0n) is 9.03. The van der Waals surface area contributed by atoms with E-state index in [2.05, 4.69) is 23.4 Å². The van der Waals surface area contributed by atoms with Gasteiger partial charge in [-0.3, -0.25) is 10.2 Å². The molecule has 0 aliphatic carbocycles. The van der Waals surface area contributed by atoms with Crippen LogP contribution in [0.1, 0.15) is 19.8 Å². The van der Waals surface area contributed by atoms with Crippen molar-refractivity contribution in [3.05, 3.63) is 0 Å². The van der Waals surface area contributed by atoms with Crippen LogP contribution in [0.3, 0.4) is 0 Å². The van der Waals surface area contributed by atoms with Gasteiger partial charge in [0.05, 0.1) is 6.04 Å². The summed E-state index contributed by atoms with van der Waals surface area (Å²) in [7, 11) is 0. The highest BCUT2D eigenvalue weighted by atomic mass is 35.5. The fraction of sp³-hybridized carbons (Fsp3) is 0.889. The van der Waals surface area contributed by atoms with Crippen molar-refractivity contribution in [1.29, 1.82) is 0 Å². The number of likely N-dealkylation sites (N-methyl/N-ethyl adjacent to an activating group) is 1. The minimum Gasteiger partial charge on any atom is -0.305 e. The van der Waals surface area contributed by atoms with Crippen molar-refractivity contribution in [1.82, 2.24) is 15.8 Å². The number of hydrogen-bond donors (Lipinski definition) is 3. The van der Waals surface area contributed by atoms with Crippen LogP contribution in [-0.4, -0.2) is 42.3 Å². The van der Waals surface area contributed by atoms with Crippen molar-refractivity contribution in [3.63, 3.8) is 0 Å². The van der Waals surface area contributed by atoms with Crippen molar-refractivity contribution in [2.75, 3.05) is 25.4 Å². The Labute approximate surface area is 103 Å². The van der Waals surface area contributed by atoms with Crippen molar-refractivity contribution in [2.24, 2.45) is 0 Å². The number of hydrazine groups is 1. The third-order valence-corrected chi connectivity index (χ3v) is 2.69. The molecular formula is C9H20ClN3OS. The molecule has 1 aliphatic rings. The lowest BCUT2D eigenvalue weighted by molar-refractivity contribution is -0.127. The van der Waals surface area contributed by atoms with E-state index in [1.165, 1.54) is 12.8 Å². The number of rotatable bonds is 5. The Balaban J connectivity index is 0.00000196. The summed E-state index contributed by atoms with van der Waals surface area (Å²) in [6, 6.07) is -0.177. The summed E-state index contributed by atoms with van der Waals surface area (Å²) in [5.74, 6) is 0.566. The van der Waals surface area contributed by atoms with Gasteiger partial charge in [0, 0.05) is 18.8 Å². The van der Waals surface area contributed by atoms with Gasteiger partial charge in [-0.1, -0.05) is 6.92 Å². The zero-order chi connectivity index (χ0) is 10.4. The second-order valence-corrected chi connectivity index (χ2v) is 3.83. The standard InChI is InChI=1S/C9H19N3OS.ClH/c1-2-10-8(7-14)9(13)11-12-5-3-4-6-12;/h8,10,14H,2-7H2,1H3,(H,11,13);1H/t8-;/m0./s1. The first-order valence-corrected chi connectivity index (χ1v) is 5.81. The third-order valence-electron chi connectivity index (χ3n) is 2.32. The summed E-state index contributed by atoms with van der Waals surface area (Å²) in [5.41, 5.74) is 2.90. The number of hydrogen-bond acceptors (Lipinski definition) is 4. The Morgan fingerprint density at radius 1 is 1.47 bits per heavy atom. The number of nitrogens with one attached hydrogen (secondary N) is 2. The molecule has 1 aliphatic heterocycles. The molecule has 1 atom stereocenters. The minimum atomic E-state index is -0.177. The number of nitrogens with zero attached hydrogens (tertiary/aromatic N) is 1. The van der Waals surface area contributed by atoms with Crippen molar-refractivity contribution >= 4 is 30.9 Å². The quantitative estimate of drug-likeness (QED) is 0.624. The predicted octanol–water partition coefficient (Wildman–Crippen LogP) is 0.443. The van der Waals surface area contributed by atoms with Gasteiger partial charge in [-0.2, -0.15) is 12.6 Å². The second kappa shape index (κ2) is 8.21. The molecule has 1 fully saturated rings. The normalized spacial score (nSPS) is 18.3. The highest BCUT2D eigenvalue weighted by molar-refractivity contribution is 7.80. The second-order valence-electron chi connectivity index (χ2n) is 3.46. The van der Waals surface area contributed by atoms with E-state index in [0.717, 1.165) is 19.6 Å². The van der Waals surface area contributed by atoms with Crippen molar-refractivity contribution in [2.45, 2.75) is 25.8 Å². The van der Waals surface area contributed by atoms with Crippen LogP contribution in [0, 0.1) is 0 Å². The molecule has 1 rings (SSSR count). The molecule has 1 heterocycles. The van der Waals surface area contributed by atoms with Crippen LogP contribution < -0.4 is 10.7 Å². The summed E-state index contributed by atoms with van der Waals surface area (Å²) < 4.78 is 0. The summed E-state index contributed by atoms with van der Waals surface area (Å²) in [4.78, 5) is 11.7. The van der Waals surface area contributed by atoms with E-state index in [1.807, 2.05) is 11.9 Å². The highest BCUT2D eigenvalue weighted by Gasteiger charge is 2.19. The molecular weight excluding hydrogens is 234 g/mol. The van der Waals surface area contributed by atoms with Crippen LogP contribution in [0.2, 0.25) is 0 Å². The molecule has 0 radical (unpaired) electrons. The van der Waals surface area contributed by atoms with Crippen LogP contribution in [0.5, 0.6) is 0 Å². The fourth-order valence-electron chi connectivity index (χ4n) is 1.55. The van der Waals surface area contributed by atoms with Gasteiger partial charge in [0.2, 0.25) is 0 Å². The Morgan fingerprint density at radius 2 is 2.07 bits per heavy atom. The molecule has 0 unspecified atom stereocenters. The molecule has 0 aromatic carbocycles. The first kappa shape index (κ1) is 15.0. The Hall–Kier alpha value is 0.0300. The Morgan fingerprint density at radius 3 is 2.53 bits per heavy atom. The van der Waals surface area contributed by atoms with E-state index in [4.69, 9.17) is 0 Å². The molecule has 90 valence electrons. The molecule has 0 saturated carbocycles. The minimum absolute atomic E-state index is 0. The molecule has 0 spiro atoms. The van der Waals surface area contributed by atoms with Gasteiger partial charge in [0.15, 0.2) is 0 Å². The van der Waals surface area contributed by atoms with Crippen molar-refractivity contribution in [3.8, 4) is 0 Å². The first-order chi connectivity index (χ1) is 6.77. The lowest BCUT2D eigenvalue weighted by Crippen LogP contribution is -2.51. The molecule has 6 heteroatoms. The maximum Gasteiger partial charge on any atom is 0.252 e. The van der Waals surface area contributed by atoms with Crippen LogP contribution in [0.4, 0.5) is 0 Å². The monoisotopic (exact) mass is 253 g/mol. The maximum atomic E-state index is 11.7. The molecule has 15 heavy (non-hydrogen) atoms. The number of carbonyl (C=O) groups is 1. The summed E-state index contributed by atoms with van der Waals surface area (Å²) in [6.45, 7) is 4.71. The van der Waals surface area contributed by atoms with E-state index >= 15 is 0 Å². The lowest BCUT2D eigenvalue weighted by Gasteiger charge is -2.21. The van der Waals surface area contributed by atoms with Gasteiger partial charge in [-0.25, -0.2) is 5.01 Å². The Bertz CT molecular complexity index is 188. The van der Waals surface area contributed by atoms with Crippen LogP contribution in [0.25, 0.3) is 0 Å². The van der Waals surface area contributed by atoms with Crippen molar-refractivity contribution < 1.29 is 4.79 Å². The number of thiol groups is 1. The van der Waals surface area contributed by atoms with E-state index in [9.17, 15) is 4.79 Å². The predicted molar refractivity (Wildman–Crippen MR) is 67.5 cm³/mol.